The Bertz CT molecular complexity index is 997. The number of nitrogens with one attached hydrogen (secondary N) is 1. The molecule has 0 fully saturated rings. The third-order valence-corrected chi connectivity index (χ3v) is 5.05. The number of methoxy groups -OCH3 is 3. The van der Waals surface area contributed by atoms with Gasteiger partial charge in [-0.15, -0.1) is 5.10 Å². The van der Waals surface area contributed by atoms with Crippen molar-refractivity contribution in [2.75, 3.05) is 26.6 Å². The van der Waals surface area contributed by atoms with E-state index < -0.39 is 0 Å². The molecule has 0 atom stereocenters. The van der Waals surface area contributed by atoms with Crippen molar-refractivity contribution < 1.29 is 19.0 Å². The molecule has 8 nitrogen and oxygen atoms in total. The summed E-state index contributed by atoms with van der Waals surface area (Å²) in [6, 6.07) is 3.50. The summed E-state index contributed by atoms with van der Waals surface area (Å²) >= 11 is 1.53. The van der Waals surface area contributed by atoms with E-state index in [9.17, 15) is 4.79 Å². The number of amides is 1. The second kappa shape index (κ2) is 7.67. The van der Waals surface area contributed by atoms with Gasteiger partial charge in [0.1, 0.15) is 0 Å². The number of hydrogen-bond donors (Lipinski definition) is 1. The van der Waals surface area contributed by atoms with Gasteiger partial charge in [0.15, 0.2) is 11.5 Å². The van der Waals surface area contributed by atoms with E-state index in [-0.39, 0.29) is 11.9 Å². The number of carbonyl (C=O) groups excluding carboxylic acids is 1. The molecule has 3 aromatic rings. The lowest BCUT2D eigenvalue weighted by Crippen LogP contribution is -2.09. The highest BCUT2D eigenvalue weighted by atomic mass is 32.1. The number of anilines is 1. The highest BCUT2D eigenvalue weighted by Crippen LogP contribution is 2.38. The van der Waals surface area contributed by atoms with E-state index in [2.05, 4.69) is 15.4 Å². The Morgan fingerprint density at radius 1 is 1.15 bits per heavy atom. The summed E-state index contributed by atoms with van der Waals surface area (Å²) < 4.78 is 17.6. The highest BCUT2D eigenvalue weighted by Gasteiger charge is 2.13. The lowest BCUT2D eigenvalue weighted by atomic mass is 10.1. The summed E-state index contributed by atoms with van der Waals surface area (Å²) in [5.41, 5.74) is 1.74. The van der Waals surface area contributed by atoms with Crippen molar-refractivity contribution in [3.05, 3.63) is 34.3 Å². The normalized spacial score (nSPS) is 11.1. The van der Waals surface area contributed by atoms with Crippen LogP contribution in [0.5, 0.6) is 17.2 Å². The Labute approximate surface area is 160 Å². The molecule has 1 aromatic carbocycles. The van der Waals surface area contributed by atoms with E-state index >= 15 is 0 Å². The second-order valence-electron chi connectivity index (χ2n) is 5.65. The number of fused-ring (bicyclic) bond motifs is 1. The molecular formula is C18H20N4O4S. The van der Waals surface area contributed by atoms with Crippen molar-refractivity contribution in [2.45, 2.75) is 13.8 Å². The zero-order valence-electron chi connectivity index (χ0n) is 15.7. The summed E-state index contributed by atoms with van der Waals surface area (Å²) in [4.78, 5) is 18.4. The van der Waals surface area contributed by atoms with Gasteiger partial charge in [-0.3, -0.25) is 10.1 Å². The fourth-order valence-electron chi connectivity index (χ4n) is 2.52. The van der Waals surface area contributed by atoms with Gasteiger partial charge in [0.05, 0.1) is 27.0 Å². The smallest absolute Gasteiger partial charge is 0.250 e. The molecule has 1 amide bonds. The number of thiazole rings is 1. The van der Waals surface area contributed by atoms with Crippen LogP contribution in [0.1, 0.15) is 16.1 Å². The first-order valence-corrected chi connectivity index (χ1v) is 8.90. The minimum atomic E-state index is -0.337. The Morgan fingerprint density at radius 2 is 1.81 bits per heavy atom. The largest absolute Gasteiger partial charge is 0.493 e. The topological polar surface area (TPSA) is 87.0 Å². The van der Waals surface area contributed by atoms with Gasteiger partial charge in [0.25, 0.3) is 11.9 Å². The summed E-state index contributed by atoms with van der Waals surface area (Å²) in [6.07, 6.45) is 3.04. The molecule has 0 unspecified atom stereocenters. The molecule has 142 valence electrons. The average molecular weight is 388 g/mol. The van der Waals surface area contributed by atoms with Crippen LogP contribution in [0, 0.1) is 13.8 Å². The molecule has 0 aliphatic carbocycles. The zero-order valence-corrected chi connectivity index (χ0v) is 16.5. The summed E-state index contributed by atoms with van der Waals surface area (Å²) in [5.74, 6) is 1.45. The summed E-state index contributed by atoms with van der Waals surface area (Å²) in [7, 11) is 4.61. The molecular weight excluding hydrogens is 368 g/mol. The molecule has 0 bridgehead atoms. The maximum Gasteiger partial charge on any atom is 0.250 e. The lowest BCUT2D eigenvalue weighted by Gasteiger charge is -2.12. The van der Waals surface area contributed by atoms with E-state index in [0.717, 1.165) is 21.1 Å². The Morgan fingerprint density at radius 3 is 2.37 bits per heavy atom. The Hall–Kier alpha value is -3.07. The van der Waals surface area contributed by atoms with Crippen molar-refractivity contribution in [1.29, 1.82) is 0 Å². The second-order valence-corrected chi connectivity index (χ2v) is 6.84. The van der Waals surface area contributed by atoms with Gasteiger partial charge in [0.2, 0.25) is 10.7 Å². The monoisotopic (exact) mass is 388 g/mol. The van der Waals surface area contributed by atoms with Gasteiger partial charge < -0.3 is 14.2 Å². The quantitative estimate of drug-likeness (QED) is 0.653. The van der Waals surface area contributed by atoms with E-state index in [0.29, 0.717) is 17.2 Å². The molecule has 0 aliphatic rings. The Kier molecular flexibility index (Phi) is 5.31. The predicted octanol–water partition coefficient (Wildman–Crippen LogP) is 3.09. The number of rotatable bonds is 6. The van der Waals surface area contributed by atoms with Crippen molar-refractivity contribution in [3.8, 4) is 17.2 Å². The molecule has 0 spiro atoms. The number of hydrogen-bond acceptors (Lipinski definition) is 7. The summed E-state index contributed by atoms with van der Waals surface area (Å²) in [6.45, 7) is 3.97. The van der Waals surface area contributed by atoms with Gasteiger partial charge in [-0.1, -0.05) is 11.3 Å². The van der Waals surface area contributed by atoms with Crippen LogP contribution in [0.4, 0.5) is 5.95 Å². The SMILES string of the molecule is COc1cc(/C=C/C(=O)Nc2nc3sc(C)c(C)n3n2)cc(OC)c1OC. The van der Waals surface area contributed by atoms with E-state index in [1.807, 2.05) is 13.8 Å². The van der Waals surface area contributed by atoms with Crippen LogP contribution in [0.2, 0.25) is 0 Å². The maximum atomic E-state index is 12.2. The van der Waals surface area contributed by atoms with E-state index in [1.165, 1.54) is 38.7 Å². The molecule has 2 heterocycles. The van der Waals surface area contributed by atoms with Crippen LogP contribution in [-0.4, -0.2) is 41.8 Å². The first-order valence-electron chi connectivity index (χ1n) is 8.08. The number of nitrogens with zero attached hydrogens (tertiary/aromatic N) is 3. The fraction of sp³-hybridized carbons (Fsp3) is 0.278. The Balaban J connectivity index is 1.77. The molecule has 3 rings (SSSR count). The zero-order chi connectivity index (χ0) is 19.6. The van der Waals surface area contributed by atoms with Gasteiger partial charge in [0, 0.05) is 11.0 Å². The number of carbonyl (C=O) groups is 1. The molecule has 0 saturated carbocycles. The molecule has 27 heavy (non-hydrogen) atoms. The summed E-state index contributed by atoms with van der Waals surface area (Å²) in [5, 5.41) is 6.96. The number of benzene rings is 1. The van der Waals surface area contributed by atoms with E-state index in [4.69, 9.17) is 14.2 Å². The fourth-order valence-corrected chi connectivity index (χ4v) is 3.42. The highest BCUT2D eigenvalue weighted by molar-refractivity contribution is 7.17. The van der Waals surface area contributed by atoms with Gasteiger partial charge in [-0.05, 0) is 37.6 Å². The standard InChI is InChI=1S/C18H20N4O4S/c1-10-11(2)27-18-20-17(21-22(10)18)19-15(23)7-6-12-8-13(24-3)16(26-5)14(9-12)25-4/h6-9H,1-5H3,(H,19,21,23)/b7-6+. The molecule has 2 aromatic heterocycles. The van der Waals surface area contributed by atoms with Crippen LogP contribution in [0.15, 0.2) is 18.2 Å². The van der Waals surface area contributed by atoms with Crippen LogP contribution in [-0.2, 0) is 4.79 Å². The predicted molar refractivity (Wildman–Crippen MR) is 104 cm³/mol. The third kappa shape index (κ3) is 3.72. The van der Waals surface area contributed by atoms with Crippen molar-refractivity contribution in [3.63, 3.8) is 0 Å². The lowest BCUT2D eigenvalue weighted by molar-refractivity contribution is -0.111. The van der Waals surface area contributed by atoms with Gasteiger partial charge in [-0.25, -0.2) is 4.52 Å². The van der Waals surface area contributed by atoms with Crippen LogP contribution >= 0.6 is 11.3 Å². The number of ether oxygens (including phenoxy) is 3. The number of aromatic nitrogens is 3. The van der Waals surface area contributed by atoms with Crippen molar-refractivity contribution >= 4 is 34.2 Å². The van der Waals surface area contributed by atoms with E-state index in [1.54, 1.807) is 22.7 Å². The number of aryl methyl sites for hydroxylation is 2. The molecule has 0 aliphatic heterocycles. The van der Waals surface area contributed by atoms with Gasteiger partial charge in [-0.2, -0.15) is 4.98 Å². The third-order valence-electron chi connectivity index (χ3n) is 4.00. The minimum Gasteiger partial charge on any atom is -0.493 e. The van der Waals surface area contributed by atoms with Crippen LogP contribution < -0.4 is 19.5 Å². The van der Waals surface area contributed by atoms with Crippen molar-refractivity contribution in [2.24, 2.45) is 0 Å². The first kappa shape index (κ1) is 18.7. The molecule has 0 radical (unpaired) electrons. The molecule has 0 saturated heterocycles. The molecule has 1 N–H and O–H groups in total. The minimum absolute atomic E-state index is 0.267. The maximum absolute atomic E-state index is 12.2. The molecule has 9 heteroatoms. The van der Waals surface area contributed by atoms with Crippen LogP contribution in [0.3, 0.4) is 0 Å². The van der Waals surface area contributed by atoms with Gasteiger partial charge >= 0.3 is 0 Å². The van der Waals surface area contributed by atoms with Crippen LogP contribution in [0.25, 0.3) is 11.0 Å². The first-order chi connectivity index (χ1) is 13.0. The van der Waals surface area contributed by atoms with Crippen molar-refractivity contribution in [1.82, 2.24) is 14.6 Å². The average Bonchev–Trinajstić information content (AvgIpc) is 3.17.